The first-order valence-electron chi connectivity index (χ1n) is 6.38. The van der Waals surface area contributed by atoms with Gasteiger partial charge in [-0.15, -0.1) is 0 Å². The van der Waals surface area contributed by atoms with Crippen LogP contribution < -0.4 is 5.73 Å². The number of amides is 1. The third-order valence-corrected chi connectivity index (χ3v) is 3.84. The lowest BCUT2D eigenvalue weighted by atomic mass is 9.93. The Kier molecular flexibility index (Phi) is 4.83. The number of hydrogen-bond acceptors (Lipinski definition) is 3. The maximum atomic E-state index is 10.8. The van der Waals surface area contributed by atoms with Gasteiger partial charge < -0.3 is 10.2 Å². The number of likely N-dealkylation sites (tertiary alicyclic amines) is 1. The minimum Gasteiger partial charge on any atom is -0.453 e. The van der Waals surface area contributed by atoms with Crippen molar-refractivity contribution in [3.05, 3.63) is 22.6 Å². The van der Waals surface area contributed by atoms with Crippen LogP contribution in [-0.2, 0) is 11.3 Å². The monoisotopic (exact) mass is 314 g/mol. The zero-order valence-electron chi connectivity index (χ0n) is 10.4. The summed E-state index contributed by atoms with van der Waals surface area (Å²) in [4.78, 5) is 13.2. The fourth-order valence-electron chi connectivity index (χ4n) is 2.53. The van der Waals surface area contributed by atoms with Gasteiger partial charge in [0.2, 0.25) is 5.91 Å². The molecule has 1 fully saturated rings. The first-order valence-corrected chi connectivity index (χ1v) is 7.17. The number of primary amides is 1. The lowest BCUT2D eigenvalue weighted by molar-refractivity contribution is -0.118. The van der Waals surface area contributed by atoms with Crippen molar-refractivity contribution >= 4 is 21.8 Å². The van der Waals surface area contributed by atoms with E-state index in [-0.39, 0.29) is 5.91 Å². The van der Waals surface area contributed by atoms with Gasteiger partial charge in [-0.1, -0.05) is 0 Å². The van der Waals surface area contributed by atoms with E-state index < -0.39 is 0 Å². The number of piperidine rings is 1. The van der Waals surface area contributed by atoms with E-state index in [2.05, 4.69) is 20.8 Å². The predicted molar refractivity (Wildman–Crippen MR) is 72.8 cm³/mol. The molecule has 1 saturated heterocycles. The average Bonchev–Trinajstić information content (AvgIpc) is 2.73. The number of carbonyl (C=O) groups is 1. The molecule has 0 saturated carbocycles. The molecule has 1 aromatic heterocycles. The van der Waals surface area contributed by atoms with Crippen molar-refractivity contribution in [2.75, 3.05) is 13.1 Å². The van der Waals surface area contributed by atoms with Gasteiger partial charge in [0.1, 0.15) is 5.76 Å². The van der Waals surface area contributed by atoms with Crippen molar-refractivity contribution in [1.29, 1.82) is 0 Å². The standard InChI is InChI=1S/C13H19BrN2O2/c14-12-5-4-11(18-12)9-16-7-1-2-10(8-16)3-6-13(15)17/h4-5,10H,1-3,6-9H2,(H2,15,17)/t10-/m0/s1. The van der Waals surface area contributed by atoms with E-state index in [1.165, 1.54) is 12.8 Å². The van der Waals surface area contributed by atoms with Crippen LogP contribution in [0.5, 0.6) is 0 Å². The third-order valence-electron chi connectivity index (χ3n) is 3.41. The average molecular weight is 315 g/mol. The lowest BCUT2D eigenvalue weighted by Crippen LogP contribution is -2.35. The van der Waals surface area contributed by atoms with Gasteiger partial charge in [0.15, 0.2) is 4.67 Å². The molecule has 1 amide bonds. The topological polar surface area (TPSA) is 59.5 Å². The highest BCUT2D eigenvalue weighted by molar-refractivity contribution is 9.10. The quantitative estimate of drug-likeness (QED) is 0.908. The Morgan fingerprint density at radius 1 is 1.56 bits per heavy atom. The Bertz CT molecular complexity index is 405. The van der Waals surface area contributed by atoms with Crippen LogP contribution in [0.15, 0.2) is 21.2 Å². The molecule has 5 heteroatoms. The van der Waals surface area contributed by atoms with E-state index in [9.17, 15) is 4.79 Å². The highest BCUT2D eigenvalue weighted by Gasteiger charge is 2.21. The van der Waals surface area contributed by atoms with E-state index >= 15 is 0 Å². The summed E-state index contributed by atoms with van der Waals surface area (Å²) in [5.41, 5.74) is 5.20. The first-order chi connectivity index (χ1) is 8.63. The van der Waals surface area contributed by atoms with Crippen molar-refractivity contribution in [3.8, 4) is 0 Å². The molecule has 2 heterocycles. The molecule has 0 bridgehead atoms. The summed E-state index contributed by atoms with van der Waals surface area (Å²) in [5, 5.41) is 0. The number of halogens is 1. The zero-order valence-corrected chi connectivity index (χ0v) is 12.0. The molecule has 0 aliphatic carbocycles. The molecule has 0 radical (unpaired) electrons. The highest BCUT2D eigenvalue weighted by atomic mass is 79.9. The summed E-state index contributed by atoms with van der Waals surface area (Å²) in [6.07, 6.45) is 3.80. The van der Waals surface area contributed by atoms with Gasteiger partial charge in [-0.3, -0.25) is 9.69 Å². The molecule has 0 unspecified atom stereocenters. The summed E-state index contributed by atoms with van der Waals surface area (Å²) < 4.78 is 6.30. The zero-order chi connectivity index (χ0) is 13.0. The Balaban J connectivity index is 1.81. The SMILES string of the molecule is NC(=O)CC[C@@H]1CCCN(Cc2ccc(Br)o2)C1. The molecule has 1 atom stereocenters. The van der Waals surface area contributed by atoms with Crippen LogP contribution in [-0.4, -0.2) is 23.9 Å². The normalized spacial score (nSPS) is 21.1. The molecule has 0 spiro atoms. The molecular formula is C13H19BrN2O2. The fraction of sp³-hybridized carbons (Fsp3) is 0.615. The minimum atomic E-state index is -0.193. The second-order valence-electron chi connectivity index (χ2n) is 4.95. The van der Waals surface area contributed by atoms with E-state index in [1.807, 2.05) is 12.1 Å². The van der Waals surface area contributed by atoms with Gasteiger partial charge in [-0.2, -0.15) is 0 Å². The van der Waals surface area contributed by atoms with Gasteiger partial charge in [0.05, 0.1) is 6.54 Å². The molecule has 1 aliphatic rings. The Labute approximate surface area is 116 Å². The summed E-state index contributed by atoms with van der Waals surface area (Å²) in [7, 11) is 0. The van der Waals surface area contributed by atoms with E-state index in [0.717, 1.165) is 36.5 Å². The molecule has 100 valence electrons. The van der Waals surface area contributed by atoms with Gasteiger partial charge in [-0.05, 0) is 59.8 Å². The van der Waals surface area contributed by atoms with Crippen molar-refractivity contribution in [2.24, 2.45) is 11.7 Å². The van der Waals surface area contributed by atoms with Crippen LogP contribution in [0.1, 0.15) is 31.4 Å². The van der Waals surface area contributed by atoms with Crippen LogP contribution in [0.2, 0.25) is 0 Å². The summed E-state index contributed by atoms with van der Waals surface area (Å²) >= 11 is 3.31. The molecule has 2 rings (SSSR count). The Morgan fingerprint density at radius 3 is 3.06 bits per heavy atom. The number of nitrogens with zero attached hydrogens (tertiary/aromatic N) is 1. The first kappa shape index (κ1) is 13.6. The van der Waals surface area contributed by atoms with Crippen LogP contribution in [0.4, 0.5) is 0 Å². The Morgan fingerprint density at radius 2 is 2.39 bits per heavy atom. The summed E-state index contributed by atoms with van der Waals surface area (Å²) in [5.74, 6) is 1.38. The number of hydrogen-bond donors (Lipinski definition) is 1. The second-order valence-corrected chi connectivity index (χ2v) is 5.74. The second kappa shape index (κ2) is 6.38. The lowest BCUT2D eigenvalue weighted by Gasteiger charge is -2.31. The number of nitrogens with two attached hydrogens (primary N) is 1. The highest BCUT2D eigenvalue weighted by Crippen LogP contribution is 2.23. The number of rotatable bonds is 5. The van der Waals surface area contributed by atoms with Crippen molar-refractivity contribution in [3.63, 3.8) is 0 Å². The molecule has 1 aliphatic heterocycles. The fourth-order valence-corrected chi connectivity index (χ4v) is 2.87. The van der Waals surface area contributed by atoms with Gasteiger partial charge >= 0.3 is 0 Å². The summed E-state index contributed by atoms with van der Waals surface area (Å²) in [6.45, 7) is 2.98. The molecule has 1 aromatic rings. The minimum absolute atomic E-state index is 0.193. The van der Waals surface area contributed by atoms with Crippen molar-refractivity contribution < 1.29 is 9.21 Å². The maximum absolute atomic E-state index is 10.8. The van der Waals surface area contributed by atoms with E-state index in [0.29, 0.717) is 12.3 Å². The molecular weight excluding hydrogens is 296 g/mol. The number of furan rings is 1. The van der Waals surface area contributed by atoms with E-state index in [4.69, 9.17) is 10.2 Å². The third kappa shape index (κ3) is 4.14. The number of carbonyl (C=O) groups excluding carboxylic acids is 1. The Hall–Kier alpha value is -0.810. The van der Waals surface area contributed by atoms with Gasteiger partial charge in [0, 0.05) is 13.0 Å². The van der Waals surface area contributed by atoms with Crippen LogP contribution in [0.25, 0.3) is 0 Å². The molecule has 0 aromatic carbocycles. The van der Waals surface area contributed by atoms with E-state index in [1.54, 1.807) is 0 Å². The molecule has 18 heavy (non-hydrogen) atoms. The smallest absolute Gasteiger partial charge is 0.217 e. The summed E-state index contributed by atoms with van der Waals surface area (Å²) in [6, 6.07) is 3.92. The maximum Gasteiger partial charge on any atom is 0.217 e. The van der Waals surface area contributed by atoms with Crippen LogP contribution in [0, 0.1) is 5.92 Å². The van der Waals surface area contributed by atoms with Crippen LogP contribution in [0.3, 0.4) is 0 Å². The van der Waals surface area contributed by atoms with Crippen LogP contribution >= 0.6 is 15.9 Å². The van der Waals surface area contributed by atoms with Gasteiger partial charge in [0.25, 0.3) is 0 Å². The van der Waals surface area contributed by atoms with Gasteiger partial charge in [-0.25, -0.2) is 0 Å². The van der Waals surface area contributed by atoms with Crippen molar-refractivity contribution in [2.45, 2.75) is 32.2 Å². The largest absolute Gasteiger partial charge is 0.453 e. The molecule has 4 nitrogen and oxygen atoms in total. The van der Waals surface area contributed by atoms with Crippen molar-refractivity contribution in [1.82, 2.24) is 4.90 Å². The molecule has 2 N–H and O–H groups in total. The predicted octanol–water partition coefficient (Wildman–Crippen LogP) is 2.52.